The maximum absolute atomic E-state index is 5.31. The molecule has 9 aromatic rings. The molecule has 0 aliphatic rings. The first kappa shape index (κ1) is 24.3. The summed E-state index contributed by atoms with van der Waals surface area (Å²) in [6, 6.07) is 31.8. The van der Waals surface area contributed by atoms with Crippen molar-refractivity contribution in [2.45, 2.75) is 0 Å². The van der Waals surface area contributed by atoms with E-state index in [1.807, 2.05) is 97.3 Å². The highest BCUT2D eigenvalue weighted by atomic mass is 15.1. The topological polar surface area (TPSA) is 100 Å². The quantitative estimate of drug-likeness (QED) is 0.226. The molecule has 0 aliphatic carbocycles. The number of aromatic nitrogens is 9. The zero-order valence-corrected chi connectivity index (χ0v) is 23.1. The van der Waals surface area contributed by atoms with Gasteiger partial charge < -0.3 is 0 Å². The van der Waals surface area contributed by atoms with E-state index in [2.05, 4.69) is 31.2 Å². The van der Waals surface area contributed by atoms with Crippen molar-refractivity contribution in [1.29, 1.82) is 0 Å². The summed E-state index contributed by atoms with van der Waals surface area (Å²) in [6.45, 7) is 0. The van der Waals surface area contributed by atoms with Crippen molar-refractivity contribution in [2.75, 3.05) is 0 Å². The molecule has 0 aliphatic heterocycles. The molecule has 0 unspecified atom stereocenters. The molecule has 0 saturated heterocycles. The second-order valence-corrected chi connectivity index (χ2v) is 10.4. The first-order valence-corrected chi connectivity index (χ1v) is 14.2. The standard InChI is InChI=1S/C35H21N9/c1-2-11-29-24(8-1)31-34(43(29)22-13-15-27(39-20-22)25-9-3-5-17-36-25)42-35-33(41-31)32-30(12-7-19-38-32)44(35)23-14-16-28(40-21-23)26-10-4-6-18-37-26/h1-21H. The van der Waals surface area contributed by atoms with Crippen molar-refractivity contribution in [1.82, 2.24) is 44.0 Å². The van der Waals surface area contributed by atoms with E-state index in [-0.39, 0.29) is 0 Å². The van der Waals surface area contributed by atoms with Crippen molar-refractivity contribution in [3.8, 4) is 34.2 Å². The molecule has 206 valence electrons. The van der Waals surface area contributed by atoms with E-state index in [0.717, 1.165) is 72.8 Å². The maximum Gasteiger partial charge on any atom is 0.168 e. The molecule has 0 atom stereocenters. The fourth-order valence-electron chi connectivity index (χ4n) is 5.82. The Balaban J connectivity index is 1.29. The van der Waals surface area contributed by atoms with Crippen LogP contribution in [0.25, 0.3) is 78.4 Å². The number of hydrogen-bond donors (Lipinski definition) is 0. The summed E-state index contributed by atoms with van der Waals surface area (Å²) < 4.78 is 4.19. The molecule has 9 heteroatoms. The van der Waals surface area contributed by atoms with E-state index in [0.29, 0.717) is 5.65 Å². The number of benzene rings is 1. The van der Waals surface area contributed by atoms with Gasteiger partial charge in [-0.3, -0.25) is 34.1 Å². The number of pyridine rings is 5. The van der Waals surface area contributed by atoms with Crippen LogP contribution in [-0.2, 0) is 0 Å². The van der Waals surface area contributed by atoms with Crippen molar-refractivity contribution in [3.05, 3.63) is 128 Å². The third kappa shape index (κ3) is 3.69. The third-order valence-electron chi connectivity index (χ3n) is 7.80. The lowest BCUT2D eigenvalue weighted by Crippen LogP contribution is -2.01. The van der Waals surface area contributed by atoms with Crippen LogP contribution in [0, 0.1) is 0 Å². The van der Waals surface area contributed by atoms with Crippen molar-refractivity contribution in [2.24, 2.45) is 0 Å². The molecule has 1 aromatic carbocycles. The van der Waals surface area contributed by atoms with Crippen LogP contribution in [0.1, 0.15) is 0 Å². The first-order chi connectivity index (χ1) is 21.8. The summed E-state index contributed by atoms with van der Waals surface area (Å²) in [5.41, 5.74) is 10.6. The lowest BCUT2D eigenvalue weighted by atomic mass is 10.2. The van der Waals surface area contributed by atoms with Gasteiger partial charge in [0, 0.05) is 24.0 Å². The van der Waals surface area contributed by atoms with Gasteiger partial charge in [-0.05, 0) is 66.7 Å². The van der Waals surface area contributed by atoms with Gasteiger partial charge in [0.15, 0.2) is 11.3 Å². The Labute approximate surface area is 250 Å². The van der Waals surface area contributed by atoms with Crippen molar-refractivity contribution < 1.29 is 0 Å². The molecule has 9 rings (SSSR count). The minimum Gasteiger partial charge on any atom is -0.291 e. The highest BCUT2D eigenvalue weighted by Gasteiger charge is 2.22. The Morgan fingerprint density at radius 3 is 1.59 bits per heavy atom. The van der Waals surface area contributed by atoms with Crippen LogP contribution in [0.5, 0.6) is 0 Å². The molecule has 0 spiro atoms. The Hall–Kier alpha value is -6.35. The Morgan fingerprint density at radius 1 is 0.386 bits per heavy atom. The first-order valence-electron chi connectivity index (χ1n) is 14.2. The lowest BCUT2D eigenvalue weighted by molar-refractivity contribution is 1.08. The summed E-state index contributed by atoms with van der Waals surface area (Å²) >= 11 is 0. The summed E-state index contributed by atoms with van der Waals surface area (Å²) in [4.78, 5) is 33.7. The lowest BCUT2D eigenvalue weighted by Gasteiger charge is -2.09. The fraction of sp³-hybridized carbons (Fsp3) is 0. The number of para-hydroxylation sites is 1. The molecule has 0 fully saturated rings. The van der Waals surface area contributed by atoms with Gasteiger partial charge in [0.25, 0.3) is 0 Å². The van der Waals surface area contributed by atoms with Crippen molar-refractivity contribution >= 4 is 44.3 Å². The van der Waals surface area contributed by atoms with E-state index >= 15 is 0 Å². The molecular weight excluding hydrogens is 546 g/mol. The smallest absolute Gasteiger partial charge is 0.168 e. The van der Waals surface area contributed by atoms with Gasteiger partial charge in [0.1, 0.15) is 16.6 Å². The van der Waals surface area contributed by atoms with E-state index in [4.69, 9.17) is 24.9 Å². The highest BCUT2D eigenvalue weighted by Crippen LogP contribution is 2.35. The highest BCUT2D eigenvalue weighted by molar-refractivity contribution is 6.11. The normalized spacial score (nSPS) is 11.6. The second-order valence-electron chi connectivity index (χ2n) is 10.4. The average Bonchev–Trinajstić information content (AvgIpc) is 3.60. The zero-order valence-electron chi connectivity index (χ0n) is 23.1. The van der Waals surface area contributed by atoms with Crippen LogP contribution in [-0.4, -0.2) is 44.0 Å². The summed E-state index contributed by atoms with van der Waals surface area (Å²) in [6.07, 6.45) is 9.04. The van der Waals surface area contributed by atoms with Crippen LogP contribution >= 0.6 is 0 Å². The monoisotopic (exact) mass is 567 g/mol. The predicted octanol–water partition coefficient (Wildman–Crippen LogP) is 6.98. The molecule has 0 saturated carbocycles. The summed E-state index contributed by atoms with van der Waals surface area (Å²) in [5, 5.41) is 1.00. The van der Waals surface area contributed by atoms with E-state index in [9.17, 15) is 0 Å². The van der Waals surface area contributed by atoms with Gasteiger partial charge in [0.2, 0.25) is 0 Å². The molecule has 0 amide bonds. The molecular formula is C35H21N9. The molecule has 8 heterocycles. The second kappa shape index (κ2) is 9.60. The molecule has 44 heavy (non-hydrogen) atoms. The van der Waals surface area contributed by atoms with Crippen LogP contribution in [0.4, 0.5) is 0 Å². The van der Waals surface area contributed by atoms with E-state index in [1.165, 1.54) is 0 Å². The van der Waals surface area contributed by atoms with E-state index < -0.39 is 0 Å². The Bertz CT molecular complexity index is 2290. The Kier molecular flexibility index (Phi) is 5.30. The van der Waals surface area contributed by atoms with Crippen LogP contribution in [0.15, 0.2) is 128 Å². The number of rotatable bonds is 4. The van der Waals surface area contributed by atoms with Gasteiger partial charge >= 0.3 is 0 Å². The van der Waals surface area contributed by atoms with Gasteiger partial charge in [-0.1, -0.05) is 30.3 Å². The van der Waals surface area contributed by atoms with Gasteiger partial charge in [-0.15, -0.1) is 0 Å². The molecule has 9 nitrogen and oxygen atoms in total. The minimum atomic E-state index is 0.695. The van der Waals surface area contributed by atoms with Gasteiger partial charge in [-0.25, -0.2) is 9.97 Å². The zero-order chi connectivity index (χ0) is 29.0. The maximum atomic E-state index is 5.31. The SMILES string of the molecule is c1ccc(-c2ccc(-n3c4ccccc4c4nc5c6ncccc6n(-c6ccc(-c7ccccn7)nc6)c5nc43)cn2)nc1. The van der Waals surface area contributed by atoms with Gasteiger partial charge in [-0.2, -0.15) is 0 Å². The van der Waals surface area contributed by atoms with Gasteiger partial charge in [0.05, 0.1) is 57.6 Å². The summed E-state index contributed by atoms with van der Waals surface area (Å²) in [7, 11) is 0. The molecule has 0 radical (unpaired) electrons. The fourth-order valence-corrected chi connectivity index (χ4v) is 5.82. The van der Waals surface area contributed by atoms with Crippen LogP contribution in [0.2, 0.25) is 0 Å². The number of nitrogens with zero attached hydrogens (tertiary/aromatic N) is 9. The van der Waals surface area contributed by atoms with Crippen LogP contribution in [0.3, 0.4) is 0 Å². The van der Waals surface area contributed by atoms with E-state index in [1.54, 1.807) is 18.6 Å². The third-order valence-corrected chi connectivity index (χ3v) is 7.80. The summed E-state index contributed by atoms with van der Waals surface area (Å²) in [5.74, 6) is 0. The molecule has 0 N–H and O–H groups in total. The average molecular weight is 568 g/mol. The van der Waals surface area contributed by atoms with Crippen molar-refractivity contribution in [3.63, 3.8) is 0 Å². The number of hydrogen-bond acceptors (Lipinski definition) is 7. The number of fused-ring (bicyclic) bond motifs is 6. The largest absolute Gasteiger partial charge is 0.291 e. The molecule has 8 aromatic heterocycles. The van der Waals surface area contributed by atoms with Crippen LogP contribution < -0.4 is 0 Å². The minimum absolute atomic E-state index is 0.695. The Morgan fingerprint density at radius 2 is 0.955 bits per heavy atom. The predicted molar refractivity (Wildman–Crippen MR) is 171 cm³/mol. The molecule has 0 bridgehead atoms.